The zero-order chi connectivity index (χ0) is 18.8. The van der Waals surface area contributed by atoms with Crippen LogP contribution in [0, 0.1) is 0 Å². The summed E-state index contributed by atoms with van der Waals surface area (Å²) in [5, 5.41) is 0. The van der Waals surface area contributed by atoms with Gasteiger partial charge in [0.2, 0.25) is 12.7 Å². The zero-order valence-electron chi connectivity index (χ0n) is 15.0. The van der Waals surface area contributed by atoms with Gasteiger partial charge in [-0.2, -0.15) is 0 Å². The maximum Gasteiger partial charge on any atom is 0.261 e. The predicted molar refractivity (Wildman–Crippen MR) is 98.0 cm³/mol. The highest BCUT2D eigenvalue weighted by molar-refractivity contribution is 5.98. The van der Waals surface area contributed by atoms with E-state index in [0.717, 1.165) is 5.69 Å². The number of nitrogens with zero attached hydrogens (tertiary/aromatic N) is 2. The van der Waals surface area contributed by atoms with E-state index >= 15 is 0 Å². The topological polar surface area (TPSA) is 68.3 Å². The van der Waals surface area contributed by atoms with E-state index < -0.39 is 0 Å². The minimum atomic E-state index is -0.221. The van der Waals surface area contributed by atoms with Gasteiger partial charge in [0.15, 0.2) is 18.1 Å². The van der Waals surface area contributed by atoms with Crippen molar-refractivity contribution in [2.45, 2.75) is 13.0 Å². The highest BCUT2D eigenvalue weighted by Crippen LogP contribution is 2.35. The zero-order valence-corrected chi connectivity index (χ0v) is 15.0. The average Bonchev–Trinajstić information content (AvgIpc) is 3.16. The summed E-state index contributed by atoms with van der Waals surface area (Å²) in [6.07, 6.45) is 0. The minimum absolute atomic E-state index is 0.0411. The van der Waals surface area contributed by atoms with Crippen molar-refractivity contribution >= 4 is 17.5 Å². The van der Waals surface area contributed by atoms with Crippen LogP contribution in [0.15, 0.2) is 48.5 Å². The molecule has 0 aliphatic carbocycles. The second kappa shape index (κ2) is 7.19. The number of hydrogen-bond donors (Lipinski definition) is 0. The Kier molecular flexibility index (Phi) is 4.58. The Morgan fingerprint density at radius 1 is 1.15 bits per heavy atom. The molecule has 2 heterocycles. The maximum atomic E-state index is 12.6. The lowest BCUT2D eigenvalue weighted by Gasteiger charge is -2.39. The molecule has 0 radical (unpaired) electrons. The first-order valence-electron chi connectivity index (χ1n) is 8.79. The van der Waals surface area contributed by atoms with E-state index in [-0.39, 0.29) is 37.8 Å². The van der Waals surface area contributed by atoms with Crippen LogP contribution >= 0.6 is 0 Å². The van der Waals surface area contributed by atoms with Crippen LogP contribution in [-0.4, -0.2) is 49.2 Å². The summed E-state index contributed by atoms with van der Waals surface area (Å²) in [5.74, 6) is 1.45. The third-order valence-corrected chi connectivity index (χ3v) is 4.68. The molecule has 2 aromatic rings. The monoisotopic (exact) mass is 368 g/mol. The summed E-state index contributed by atoms with van der Waals surface area (Å²) in [6, 6.07) is 14.5. The van der Waals surface area contributed by atoms with Gasteiger partial charge in [-0.15, -0.1) is 0 Å². The van der Waals surface area contributed by atoms with Crippen molar-refractivity contribution in [3.63, 3.8) is 0 Å². The number of hydrogen-bond acceptors (Lipinski definition) is 5. The molecule has 0 saturated carbocycles. The molecule has 2 amide bonds. The van der Waals surface area contributed by atoms with Gasteiger partial charge in [0.1, 0.15) is 12.3 Å². The SMILES string of the molecule is CC1CN(c2ccccc2)C(=O)CN1C(=O)COc1ccc2c(c1)OCO2. The minimum Gasteiger partial charge on any atom is -0.484 e. The summed E-state index contributed by atoms with van der Waals surface area (Å²) in [4.78, 5) is 28.4. The lowest BCUT2D eigenvalue weighted by Crippen LogP contribution is -2.58. The van der Waals surface area contributed by atoms with Gasteiger partial charge in [0.05, 0.1) is 0 Å². The molecule has 1 unspecified atom stereocenters. The van der Waals surface area contributed by atoms with E-state index in [9.17, 15) is 9.59 Å². The fourth-order valence-electron chi connectivity index (χ4n) is 3.24. The molecule has 1 saturated heterocycles. The second-order valence-electron chi connectivity index (χ2n) is 6.51. The Morgan fingerprint density at radius 3 is 2.74 bits per heavy atom. The molecule has 1 atom stereocenters. The number of amides is 2. The van der Waals surface area contributed by atoms with Crippen molar-refractivity contribution in [2.75, 3.05) is 31.4 Å². The Hall–Kier alpha value is -3.22. The molecule has 0 spiro atoms. The van der Waals surface area contributed by atoms with Crippen LogP contribution in [0.5, 0.6) is 17.2 Å². The standard InChI is InChI=1S/C20H20N2O5/c1-14-10-22(15-5-3-2-4-6-15)19(23)11-21(14)20(24)12-25-16-7-8-17-18(9-16)27-13-26-17/h2-9,14H,10-13H2,1H3. The van der Waals surface area contributed by atoms with Gasteiger partial charge in [0.25, 0.3) is 5.91 Å². The molecule has 2 aliphatic rings. The van der Waals surface area contributed by atoms with Crippen LogP contribution in [0.4, 0.5) is 5.69 Å². The van der Waals surface area contributed by atoms with Crippen LogP contribution in [0.25, 0.3) is 0 Å². The van der Waals surface area contributed by atoms with Gasteiger partial charge in [0, 0.05) is 24.3 Å². The van der Waals surface area contributed by atoms with E-state index in [4.69, 9.17) is 14.2 Å². The number of benzene rings is 2. The molecule has 4 rings (SSSR count). The van der Waals surface area contributed by atoms with Crippen molar-refractivity contribution in [3.05, 3.63) is 48.5 Å². The van der Waals surface area contributed by atoms with Gasteiger partial charge in [-0.25, -0.2) is 0 Å². The van der Waals surface area contributed by atoms with E-state index in [0.29, 0.717) is 23.8 Å². The van der Waals surface area contributed by atoms with Crippen molar-refractivity contribution in [3.8, 4) is 17.2 Å². The third kappa shape index (κ3) is 3.53. The Morgan fingerprint density at radius 2 is 1.93 bits per heavy atom. The molecule has 0 aromatic heterocycles. The number of carbonyl (C=O) groups excluding carboxylic acids is 2. The number of carbonyl (C=O) groups is 2. The first-order chi connectivity index (χ1) is 13.1. The molecular formula is C20H20N2O5. The highest BCUT2D eigenvalue weighted by atomic mass is 16.7. The Balaban J connectivity index is 1.37. The first-order valence-corrected chi connectivity index (χ1v) is 8.79. The molecule has 2 aliphatic heterocycles. The largest absolute Gasteiger partial charge is 0.484 e. The fraction of sp³-hybridized carbons (Fsp3) is 0.300. The molecule has 2 aromatic carbocycles. The van der Waals surface area contributed by atoms with Gasteiger partial charge < -0.3 is 24.0 Å². The van der Waals surface area contributed by atoms with E-state index in [1.165, 1.54) is 0 Å². The van der Waals surface area contributed by atoms with Crippen LogP contribution in [0.3, 0.4) is 0 Å². The molecule has 27 heavy (non-hydrogen) atoms. The van der Waals surface area contributed by atoms with Crippen LogP contribution < -0.4 is 19.1 Å². The number of ether oxygens (including phenoxy) is 3. The quantitative estimate of drug-likeness (QED) is 0.826. The van der Waals surface area contributed by atoms with Crippen LogP contribution in [0.2, 0.25) is 0 Å². The summed E-state index contributed by atoms with van der Waals surface area (Å²) in [7, 11) is 0. The predicted octanol–water partition coefficient (Wildman–Crippen LogP) is 2.06. The Labute approximate surface area is 157 Å². The number of para-hydroxylation sites is 1. The van der Waals surface area contributed by atoms with E-state index in [1.807, 2.05) is 37.3 Å². The summed E-state index contributed by atoms with van der Waals surface area (Å²) < 4.78 is 16.1. The second-order valence-corrected chi connectivity index (χ2v) is 6.51. The van der Waals surface area contributed by atoms with Gasteiger partial charge in [-0.05, 0) is 31.2 Å². The summed E-state index contributed by atoms with van der Waals surface area (Å²) >= 11 is 0. The van der Waals surface area contributed by atoms with E-state index in [2.05, 4.69) is 0 Å². The van der Waals surface area contributed by atoms with E-state index in [1.54, 1.807) is 28.0 Å². The fourth-order valence-corrected chi connectivity index (χ4v) is 3.24. The highest BCUT2D eigenvalue weighted by Gasteiger charge is 2.33. The lowest BCUT2D eigenvalue weighted by molar-refractivity contribution is -0.141. The average molecular weight is 368 g/mol. The molecule has 0 bridgehead atoms. The van der Waals surface area contributed by atoms with Crippen molar-refractivity contribution in [1.29, 1.82) is 0 Å². The maximum absolute atomic E-state index is 12.6. The molecule has 7 nitrogen and oxygen atoms in total. The number of anilines is 1. The van der Waals surface area contributed by atoms with Gasteiger partial charge in [-0.3, -0.25) is 9.59 Å². The van der Waals surface area contributed by atoms with Gasteiger partial charge in [-0.1, -0.05) is 18.2 Å². The number of rotatable bonds is 4. The van der Waals surface area contributed by atoms with Gasteiger partial charge >= 0.3 is 0 Å². The lowest BCUT2D eigenvalue weighted by atomic mass is 10.1. The van der Waals surface area contributed by atoms with Crippen LogP contribution in [0.1, 0.15) is 6.92 Å². The molecule has 140 valence electrons. The smallest absolute Gasteiger partial charge is 0.261 e. The van der Waals surface area contributed by atoms with Crippen LogP contribution in [-0.2, 0) is 9.59 Å². The molecule has 0 N–H and O–H groups in total. The molecular weight excluding hydrogens is 348 g/mol. The number of piperazine rings is 1. The summed E-state index contributed by atoms with van der Waals surface area (Å²) in [6.45, 7) is 2.48. The summed E-state index contributed by atoms with van der Waals surface area (Å²) in [5.41, 5.74) is 0.845. The third-order valence-electron chi connectivity index (χ3n) is 4.68. The van der Waals surface area contributed by atoms with Crippen molar-refractivity contribution in [1.82, 2.24) is 4.90 Å². The molecule has 7 heteroatoms. The number of fused-ring (bicyclic) bond motifs is 1. The van der Waals surface area contributed by atoms with Crippen molar-refractivity contribution in [2.24, 2.45) is 0 Å². The van der Waals surface area contributed by atoms with Crippen molar-refractivity contribution < 1.29 is 23.8 Å². The Bertz CT molecular complexity index is 855. The normalized spacial score (nSPS) is 18.6. The first kappa shape index (κ1) is 17.2. The molecule has 1 fully saturated rings.